The Kier molecular flexibility index (Phi) is 5.86. The number of carbonyl (C=O) groups excluding carboxylic acids is 1. The van der Waals surface area contributed by atoms with Crippen LogP contribution in [-0.2, 0) is 11.3 Å². The molecule has 3 nitrogen and oxygen atoms in total. The topological polar surface area (TPSA) is 41.1 Å². The average molecular weight is 248 g/mol. The Morgan fingerprint density at radius 2 is 2.06 bits per heavy atom. The average Bonchev–Trinajstić information content (AvgIpc) is 2.34. The van der Waals surface area contributed by atoms with Crippen LogP contribution in [0.1, 0.15) is 30.0 Å². The molecule has 100 valence electrons. The smallest absolute Gasteiger partial charge is 0.224 e. The van der Waals surface area contributed by atoms with E-state index in [1.165, 1.54) is 16.7 Å². The van der Waals surface area contributed by atoms with Gasteiger partial charge in [-0.1, -0.05) is 30.7 Å². The second-order valence-corrected chi connectivity index (χ2v) is 4.81. The van der Waals surface area contributed by atoms with Gasteiger partial charge in [-0.05, 0) is 38.4 Å². The monoisotopic (exact) mass is 248 g/mol. The zero-order valence-electron chi connectivity index (χ0n) is 11.8. The minimum Gasteiger partial charge on any atom is -0.352 e. The largest absolute Gasteiger partial charge is 0.352 e. The molecule has 18 heavy (non-hydrogen) atoms. The Morgan fingerprint density at radius 3 is 2.61 bits per heavy atom. The standard InChI is InChI=1S/C15H24N2O/c1-5-13(9-16-4)15(18)17-10-14-7-6-11(2)8-12(14)3/h6-8,13,16H,5,9-10H2,1-4H3,(H,17,18). The highest BCUT2D eigenvalue weighted by molar-refractivity contribution is 5.78. The number of amides is 1. The van der Waals surface area contributed by atoms with Gasteiger partial charge in [-0.15, -0.1) is 0 Å². The maximum Gasteiger partial charge on any atom is 0.224 e. The lowest BCUT2D eigenvalue weighted by Crippen LogP contribution is -2.35. The van der Waals surface area contributed by atoms with Crippen molar-refractivity contribution < 1.29 is 4.79 Å². The molecular weight excluding hydrogens is 224 g/mol. The van der Waals surface area contributed by atoms with Crippen molar-refractivity contribution in [3.8, 4) is 0 Å². The van der Waals surface area contributed by atoms with Crippen molar-refractivity contribution in [1.82, 2.24) is 10.6 Å². The van der Waals surface area contributed by atoms with Crippen LogP contribution in [0.4, 0.5) is 0 Å². The molecule has 1 amide bonds. The fourth-order valence-electron chi connectivity index (χ4n) is 2.04. The Bertz CT molecular complexity index is 401. The molecule has 0 saturated heterocycles. The second kappa shape index (κ2) is 7.17. The van der Waals surface area contributed by atoms with Crippen LogP contribution in [0.15, 0.2) is 18.2 Å². The maximum atomic E-state index is 12.0. The van der Waals surface area contributed by atoms with E-state index in [0.29, 0.717) is 6.54 Å². The highest BCUT2D eigenvalue weighted by Gasteiger charge is 2.14. The number of carbonyl (C=O) groups is 1. The van der Waals surface area contributed by atoms with Crippen molar-refractivity contribution in [2.45, 2.75) is 33.7 Å². The van der Waals surface area contributed by atoms with E-state index in [-0.39, 0.29) is 11.8 Å². The third kappa shape index (κ3) is 4.15. The zero-order valence-corrected chi connectivity index (χ0v) is 11.8. The van der Waals surface area contributed by atoms with E-state index < -0.39 is 0 Å². The number of hydrogen-bond acceptors (Lipinski definition) is 2. The highest BCUT2D eigenvalue weighted by Crippen LogP contribution is 2.10. The summed E-state index contributed by atoms with van der Waals surface area (Å²) in [5.74, 6) is 0.188. The molecule has 0 bridgehead atoms. The van der Waals surface area contributed by atoms with E-state index in [1.54, 1.807) is 0 Å². The van der Waals surface area contributed by atoms with Crippen molar-refractivity contribution in [1.29, 1.82) is 0 Å². The van der Waals surface area contributed by atoms with E-state index in [1.807, 2.05) is 14.0 Å². The quantitative estimate of drug-likeness (QED) is 0.810. The van der Waals surface area contributed by atoms with Gasteiger partial charge in [0.15, 0.2) is 0 Å². The first-order chi connectivity index (χ1) is 8.58. The summed E-state index contributed by atoms with van der Waals surface area (Å²) in [6, 6.07) is 6.32. The molecule has 1 unspecified atom stereocenters. The lowest BCUT2D eigenvalue weighted by Gasteiger charge is -2.15. The van der Waals surface area contributed by atoms with E-state index >= 15 is 0 Å². The molecule has 2 N–H and O–H groups in total. The van der Waals surface area contributed by atoms with Gasteiger partial charge in [0, 0.05) is 13.1 Å². The molecule has 0 aliphatic carbocycles. The van der Waals surface area contributed by atoms with Crippen molar-refractivity contribution in [2.75, 3.05) is 13.6 Å². The third-order valence-corrected chi connectivity index (χ3v) is 3.27. The van der Waals surface area contributed by atoms with E-state index in [0.717, 1.165) is 13.0 Å². The maximum absolute atomic E-state index is 12.0. The van der Waals surface area contributed by atoms with Crippen LogP contribution in [0.3, 0.4) is 0 Å². The second-order valence-electron chi connectivity index (χ2n) is 4.81. The van der Waals surface area contributed by atoms with Crippen LogP contribution in [-0.4, -0.2) is 19.5 Å². The van der Waals surface area contributed by atoms with Crippen molar-refractivity contribution in [2.24, 2.45) is 5.92 Å². The van der Waals surface area contributed by atoms with Gasteiger partial charge >= 0.3 is 0 Å². The van der Waals surface area contributed by atoms with Crippen LogP contribution in [0.25, 0.3) is 0 Å². The summed E-state index contributed by atoms with van der Waals surface area (Å²) >= 11 is 0. The molecular formula is C15H24N2O. The van der Waals surface area contributed by atoms with Gasteiger partial charge in [-0.2, -0.15) is 0 Å². The number of hydrogen-bond donors (Lipinski definition) is 2. The summed E-state index contributed by atoms with van der Waals surface area (Å²) in [6.45, 7) is 7.55. The summed E-state index contributed by atoms with van der Waals surface area (Å²) < 4.78 is 0. The SMILES string of the molecule is CCC(CNC)C(=O)NCc1ccc(C)cc1C. The van der Waals surface area contributed by atoms with Crippen LogP contribution in [0.2, 0.25) is 0 Å². The van der Waals surface area contributed by atoms with Gasteiger partial charge in [0.1, 0.15) is 0 Å². The number of benzene rings is 1. The summed E-state index contributed by atoms with van der Waals surface area (Å²) in [5.41, 5.74) is 3.68. The van der Waals surface area contributed by atoms with Gasteiger partial charge in [0.05, 0.1) is 5.92 Å². The molecule has 3 heteroatoms. The first-order valence-electron chi connectivity index (χ1n) is 6.57. The molecule has 0 fully saturated rings. The van der Waals surface area contributed by atoms with E-state index in [9.17, 15) is 4.79 Å². The van der Waals surface area contributed by atoms with Gasteiger partial charge in [-0.3, -0.25) is 4.79 Å². The van der Waals surface area contributed by atoms with Crippen molar-refractivity contribution in [3.63, 3.8) is 0 Å². The number of nitrogens with one attached hydrogen (secondary N) is 2. The van der Waals surface area contributed by atoms with Crippen LogP contribution >= 0.6 is 0 Å². The molecule has 0 radical (unpaired) electrons. The van der Waals surface area contributed by atoms with Crippen molar-refractivity contribution in [3.05, 3.63) is 34.9 Å². The Hall–Kier alpha value is -1.35. The van der Waals surface area contributed by atoms with Gasteiger partial charge in [0.2, 0.25) is 5.91 Å². The molecule has 0 spiro atoms. The Labute approximate surface area is 110 Å². The zero-order chi connectivity index (χ0) is 13.5. The van der Waals surface area contributed by atoms with Gasteiger partial charge in [0.25, 0.3) is 0 Å². The lowest BCUT2D eigenvalue weighted by molar-refractivity contribution is -0.125. The van der Waals surface area contributed by atoms with E-state index in [2.05, 4.69) is 42.7 Å². The summed E-state index contributed by atoms with van der Waals surface area (Å²) in [5, 5.41) is 6.07. The normalized spacial score (nSPS) is 12.2. The fraction of sp³-hybridized carbons (Fsp3) is 0.533. The predicted octanol–water partition coefficient (Wildman–Crippen LogP) is 2.17. The molecule has 0 aliphatic rings. The summed E-state index contributed by atoms with van der Waals surface area (Å²) in [6.07, 6.45) is 0.861. The molecule has 0 saturated carbocycles. The Morgan fingerprint density at radius 1 is 1.33 bits per heavy atom. The molecule has 1 rings (SSSR count). The van der Waals surface area contributed by atoms with E-state index in [4.69, 9.17) is 0 Å². The minimum absolute atomic E-state index is 0.0563. The first-order valence-corrected chi connectivity index (χ1v) is 6.57. The number of aryl methyl sites for hydroxylation is 2. The molecule has 0 heterocycles. The van der Waals surface area contributed by atoms with Gasteiger partial charge in [-0.25, -0.2) is 0 Å². The summed E-state index contributed by atoms with van der Waals surface area (Å²) in [4.78, 5) is 12.0. The molecule has 1 aromatic carbocycles. The lowest BCUT2D eigenvalue weighted by atomic mass is 10.0. The third-order valence-electron chi connectivity index (χ3n) is 3.27. The molecule has 0 aromatic heterocycles. The highest BCUT2D eigenvalue weighted by atomic mass is 16.1. The minimum atomic E-state index is 0.0563. The Balaban J connectivity index is 2.56. The fourth-order valence-corrected chi connectivity index (χ4v) is 2.04. The first kappa shape index (κ1) is 14.7. The molecule has 1 atom stereocenters. The molecule has 1 aromatic rings. The molecule has 0 aliphatic heterocycles. The van der Waals surface area contributed by atoms with Gasteiger partial charge < -0.3 is 10.6 Å². The number of rotatable bonds is 6. The van der Waals surface area contributed by atoms with Crippen LogP contribution in [0, 0.1) is 19.8 Å². The van der Waals surface area contributed by atoms with Crippen molar-refractivity contribution >= 4 is 5.91 Å². The van der Waals surface area contributed by atoms with Crippen LogP contribution < -0.4 is 10.6 Å². The van der Waals surface area contributed by atoms with Crippen LogP contribution in [0.5, 0.6) is 0 Å². The summed E-state index contributed by atoms with van der Waals surface area (Å²) in [7, 11) is 1.88. The predicted molar refractivity (Wildman–Crippen MR) is 75.5 cm³/mol.